The number of aromatic nitrogens is 1. The summed E-state index contributed by atoms with van der Waals surface area (Å²) < 4.78 is 2.14. The van der Waals surface area contributed by atoms with Crippen LogP contribution in [-0.4, -0.2) is 36.1 Å². The third-order valence-electron chi connectivity index (χ3n) is 3.27. The smallest absolute Gasteiger partial charge is 0.193 e. The van der Waals surface area contributed by atoms with E-state index in [0.717, 1.165) is 25.0 Å². The van der Waals surface area contributed by atoms with Crippen LogP contribution in [-0.2, 0) is 13.6 Å². The highest BCUT2D eigenvalue weighted by Crippen LogP contribution is 2.04. The minimum absolute atomic E-state index is 0. The van der Waals surface area contributed by atoms with Gasteiger partial charge in [-0.2, -0.15) is 0 Å². The predicted molar refractivity (Wildman–Crippen MR) is 97.7 cm³/mol. The predicted octanol–water partition coefficient (Wildman–Crippen LogP) is 3.09. The SMILES string of the molecule is CN=C(NCCCC(C)C)N(C)Cc1cccn1C.I. The molecule has 0 fully saturated rings. The zero-order chi connectivity index (χ0) is 14.3. The number of nitrogens with one attached hydrogen (secondary N) is 1. The third kappa shape index (κ3) is 6.63. The molecule has 0 saturated carbocycles. The Morgan fingerprint density at radius 2 is 2.15 bits per heavy atom. The fourth-order valence-electron chi connectivity index (χ4n) is 2.07. The molecule has 0 aliphatic heterocycles. The van der Waals surface area contributed by atoms with Crippen LogP contribution in [0.1, 0.15) is 32.4 Å². The molecule has 0 radical (unpaired) electrons. The van der Waals surface area contributed by atoms with E-state index in [4.69, 9.17) is 0 Å². The van der Waals surface area contributed by atoms with Gasteiger partial charge in [0, 0.05) is 39.6 Å². The minimum Gasteiger partial charge on any atom is -0.356 e. The zero-order valence-electron chi connectivity index (χ0n) is 13.4. The molecule has 0 aromatic carbocycles. The highest BCUT2D eigenvalue weighted by molar-refractivity contribution is 14.0. The lowest BCUT2D eigenvalue weighted by atomic mass is 10.1. The van der Waals surface area contributed by atoms with E-state index in [1.807, 2.05) is 7.05 Å². The maximum absolute atomic E-state index is 4.34. The molecule has 1 rings (SSSR count). The van der Waals surface area contributed by atoms with Gasteiger partial charge in [-0.1, -0.05) is 13.8 Å². The highest BCUT2D eigenvalue weighted by atomic mass is 127. The van der Waals surface area contributed by atoms with E-state index < -0.39 is 0 Å². The number of aryl methyl sites for hydroxylation is 1. The Hall–Kier alpha value is -0.720. The fraction of sp³-hybridized carbons (Fsp3) is 0.667. The van der Waals surface area contributed by atoms with Gasteiger partial charge in [0.25, 0.3) is 0 Å². The first-order valence-electron chi connectivity index (χ1n) is 7.06. The molecule has 20 heavy (non-hydrogen) atoms. The summed E-state index contributed by atoms with van der Waals surface area (Å²) in [5.41, 5.74) is 1.28. The summed E-state index contributed by atoms with van der Waals surface area (Å²) in [4.78, 5) is 6.49. The molecule has 0 amide bonds. The lowest BCUT2D eigenvalue weighted by Gasteiger charge is -2.22. The van der Waals surface area contributed by atoms with Gasteiger partial charge in [0.15, 0.2) is 5.96 Å². The average Bonchev–Trinajstić information content (AvgIpc) is 2.74. The van der Waals surface area contributed by atoms with Crippen LogP contribution in [0.3, 0.4) is 0 Å². The van der Waals surface area contributed by atoms with Crippen molar-refractivity contribution in [2.45, 2.75) is 33.2 Å². The first-order chi connectivity index (χ1) is 9.04. The van der Waals surface area contributed by atoms with E-state index in [-0.39, 0.29) is 24.0 Å². The maximum atomic E-state index is 4.34. The molecule has 1 heterocycles. The van der Waals surface area contributed by atoms with Crippen molar-refractivity contribution in [2.24, 2.45) is 18.0 Å². The molecule has 0 aliphatic carbocycles. The van der Waals surface area contributed by atoms with E-state index in [9.17, 15) is 0 Å². The van der Waals surface area contributed by atoms with E-state index in [2.05, 4.69) is 66.0 Å². The second kappa shape index (κ2) is 10.1. The van der Waals surface area contributed by atoms with Gasteiger partial charge in [0.05, 0.1) is 6.54 Å². The molecule has 116 valence electrons. The first kappa shape index (κ1) is 19.3. The molecule has 1 aromatic heterocycles. The Labute approximate surface area is 140 Å². The molecule has 0 unspecified atom stereocenters. The number of aliphatic imine (C=N–C) groups is 1. The van der Waals surface area contributed by atoms with Gasteiger partial charge in [-0.25, -0.2) is 0 Å². The number of halogens is 1. The monoisotopic (exact) mass is 392 g/mol. The normalized spacial score (nSPS) is 11.4. The third-order valence-corrected chi connectivity index (χ3v) is 3.27. The van der Waals surface area contributed by atoms with Gasteiger partial charge in [-0.15, -0.1) is 24.0 Å². The molecule has 0 saturated heterocycles. The quantitative estimate of drug-likeness (QED) is 0.349. The van der Waals surface area contributed by atoms with E-state index in [0.29, 0.717) is 0 Å². The molecular formula is C15H29IN4. The van der Waals surface area contributed by atoms with Crippen LogP contribution in [0.5, 0.6) is 0 Å². The molecule has 0 atom stereocenters. The lowest BCUT2D eigenvalue weighted by Crippen LogP contribution is -2.39. The van der Waals surface area contributed by atoms with Crippen molar-refractivity contribution in [1.82, 2.24) is 14.8 Å². The Morgan fingerprint density at radius 1 is 1.45 bits per heavy atom. The number of hydrogen-bond donors (Lipinski definition) is 1. The molecule has 1 aromatic rings. The van der Waals surface area contributed by atoms with Crippen LogP contribution in [0.25, 0.3) is 0 Å². The second-order valence-electron chi connectivity index (χ2n) is 5.48. The van der Waals surface area contributed by atoms with Crippen LogP contribution < -0.4 is 5.32 Å². The number of guanidine groups is 1. The Kier molecular flexibility index (Phi) is 9.71. The van der Waals surface area contributed by atoms with Crippen LogP contribution in [0.2, 0.25) is 0 Å². The van der Waals surface area contributed by atoms with Crippen molar-refractivity contribution in [2.75, 3.05) is 20.6 Å². The summed E-state index contributed by atoms with van der Waals surface area (Å²) in [5.74, 6) is 1.73. The summed E-state index contributed by atoms with van der Waals surface area (Å²) in [6.45, 7) is 6.38. The fourth-order valence-corrected chi connectivity index (χ4v) is 2.07. The molecule has 4 nitrogen and oxygen atoms in total. The molecule has 5 heteroatoms. The standard InChI is InChI=1S/C15H28N4.HI/c1-13(2)8-6-10-17-15(16-3)19(5)12-14-9-7-11-18(14)4;/h7,9,11,13H,6,8,10,12H2,1-5H3,(H,16,17);1H. The van der Waals surface area contributed by atoms with Gasteiger partial charge in [0.2, 0.25) is 0 Å². The Bertz CT molecular complexity index is 398. The summed E-state index contributed by atoms with van der Waals surface area (Å²) in [6, 6.07) is 4.21. The van der Waals surface area contributed by atoms with E-state index >= 15 is 0 Å². The number of rotatable bonds is 6. The van der Waals surface area contributed by atoms with E-state index in [1.165, 1.54) is 18.5 Å². The van der Waals surface area contributed by atoms with Crippen LogP contribution in [0.15, 0.2) is 23.3 Å². The highest BCUT2D eigenvalue weighted by Gasteiger charge is 2.07. The van der Waals surface area contributed by atoms with Gasteiger partial charge in [-0.3, -0.25) is 4.99 Å². The van der Waals surface area contributed by atoms with Gasteiger partial charge < -0.3 is 14.8 Å². The molecule has 0 spiro atoms. The van der Waals surface area contributed by atoms with Gasteiger partial charge >= 0.3 is 0 Å². The number of nitrogens with zero attached hydrogens (tertiary/aromatic N) is 3. The second-order valence-corrected chi connectivity index (χ2v) is 5.48. The van der Waals surface area contributed by atoms with Crippen molar-refractivity contribution in [1.29, 1.82) is 0 Å². The average molecular weight is 392 g/mol. The summed E-state index contributed by atoms with van der Waals surface area (Å²) in [7, 11) is 5.99. The number of hydrogen-bond acceptors (Lipinski definition) is 1. The lowest BCUT2D eigenvalue weighted by molar-refractivity contribution is 0.457. The Balaban J connectivity index is 0.00000361. The molecular weight excluding hydrogens is 363 g/mol. The first-order valence-corrected chi connectivity index (χ1v) is 7.06. The van der Waals surface area contributed by atoms with E-state index in [1.54, 1.807) is 0 Å². The minimum atomic E-state index is 0. The van der Waals surface area contributed by atoms with Crippen molar-refractivity contribution in [3.05, 3.63) is 24.0 Å². The summed E-state index contributed by atoms with van der Waals surface area (Å²) in [5, 5.41) is 3.42. The van der Waals surface area contributed by atoms with Crippen LogP contribution in [0, 0.1) is 5.92 Å². The maximum Gasteiger partial charge on any atom is 0.193 e. The van der Waals surface area contributed by atoms with Gasteiger partial charge in [0.1, 0.15) is 0 Å². The van der Waals surface area contributed by atoms with Crippen molar-refractivity contribution >= 4 is 29.9 Å². The van der Waals surface area contributed by atoms with Crippen molar-refractivity contribution in [3.8, 4) is 0 Å². The van der Waals surface area contributed by atoms with Crippen LogP contribution in [0.4, 0.5) is 0 Å². The topological polar surface area (TPSA) is 32.6 Å². The summed E-state index contributed by atoms with van der Waals surface area (Å²) >= 11 is 0. The van der Waals surface area contributed by atoms with Gasteiger partial charge in [-0.05, 0) is 30.9 Å². The van der Waals surface area contributed by atoms with Crippen molar-refractivity contribution < 1.29 is 0 Å². The Morgan fingerprint density at radius 3 is 2.65 bits per heavy atom. The van der Waals surface area contributed by atoms with Crippen molar-refractivity contribution in [3.63, 3.8) is 0 Å². The molecule has 0 aliphatic rings. The molecule has 0 bridgehead atoms. The zero-order valence-corrected chi connectivity index (χ0v) is 15.7. The summed E-state index contributed by atoms with van der Waals surface area (Å²) in [6.07, 6.45) is 4.52. The largest absolute Gasteiger partial charge is 0.356 e. The van der Waals surface area contributed by atoms with Crippen LogP contribution >= 0.6 is 24.0 Å². The molecule has 1 N–H and O–H groups in total.